The third kappa shape index (κ3) is 2.98. The van der Waals surface area contributed by atoms with Crippen LogP contribution in [0.15, 0.2) is 30.5 Å². The van der Waals surface area contributed by atoms with Gasteiger partial charge in [0.15, 0.2) is 0 Å². The van der Waals surface area contributed by atoms with Gasteiger partial charge in [0.2, 0.25) is 5.91 Å². The van der Waals surface area contributed by atoms with Crippen molar-refractivity contribution in [3.05, 3.63) is 41.8 Å². The van der Waals surface area contributed by atoms with E-state index < -0.39 is 11.5 Å². The molecule has 2 aromatic rings. The summed E-state index contributed by atoms with van der Waals surface area (Å²) in [6, 6.07) is 6.07. The number of esters is 1. The number of hydrogen-bond donors (Lipinski definition) is 2. The molecule has 26 heavy (non-hydrogen) atoms. The van der Waals surface area contributed by atoms with Crippen LogP contribution in [0.25, 0.3) is 11.3 Å². The van der Waals surface area contributed by atoms with Crippen LogP contribution in [0.4, 0.5) is 4.39 Å². The number of ether oxygens (including phenoxy) is 1. The van der Waals surface area contributed by atoms with E-state index >= 15 is 0 Å². The standard InChI is InChI=1S/C19H20FN3O3/c20-14-5-3-12(4-6-14)17-13(11-22-23-17)10-21-18(25)15-9-16(24)26-19(15)7-1-2-8-19/h3-6,11,15H,1-2,7-10H2,(H,21,25)(H,22,23)/t15-/m1/s1. The number of benzene rings is 1. The zero-order valence-corrected chi connectivity index (χ0v) is 14.3. The van der Waals surface area contributed by atoms with E-state index in [2.05, 4.69) is 15.5 Å². The maximum absolute atomic E-state index is 13.1. The van der Waals surface area contributed by atoms with Gasteiger partial charge in [0.1, 0.15) is 11.4 Å². The van der Waals surface area contributed by atoms with Gasteiger partial charge in [0.05, 0.1) is 24.2 Å². The maximum Gasteiger partial charge on any atom is 0.307 e. The first-order valence-electron chi connectivity index (χ1n) is 8.85. The van der Waals surface area contributed by atoms with Crippen molar-refractivity contribution in [2.75, 3.05) is 0 Å². The van der Waals surface area contributed by atoms with Crippen LogP contribution >= 0.6 is 0 Å². The van der Waals surface area contributed by atoms with Crippen LogP contribution in [0, 0.1) is 11.7 Å². The summed E-state index contributed by atoms with van der Waals surface area (Å²) in [6.07, 6.45) is 5.25. The minimum atomic E-state index is -0.614. The second-order valence-electron chi connectivity index (χ2n) is 7.00. The predicted molar refractivity (Wildman–Crippen MR) is 91.2 cm³/mol. The molecule has 1 aliphatic heterocycles. The Bertz CT molecular complexity index is 825. The van der Waals surface area contributed by atoms with Crippen molar-refractivity contribution in [3.63, 3.8) is 0 Å². The molecule has 0 bridgehead atoms. The molecular formula is C19H20FN3O3. The number of nitrogens with one attached hydrogen (secondary N) is 2. The van der Waals surface area contributed by atoms with Gasteiger partial charge in [-0.1, -0.05) is 0 Å². The smallest absolute Gasteiger partial charge is 0.307 e. The Balaban J connectivity index is 1.46. The molecule has 1 aliphatic carbocycles. The lowest BCUT2D eigenvalue weighted by molar-refractivity contribution is -0.149. The van der Waals surface area contributed by atoms with Gasteiger partial charge in [-0.05, 0) is 49.9 Å². The molecule has 1 saturated heterocycles. The highest BCUT2D eigenvalue weighted by Gasteiger charge is 2.53. The summed E-state index contributed by atoms with van der Waals surface area (Å²) in [6.45, 7) is 0.281. The molecule has 2 aliphatic rings. The lowest BCUT2D eigenvalue weighted by Crippen LogP contribution is -2.42. The van der Waals surface area contributed by atoms with E-state index in [1.54, 1.807) is 18.3 Å². The first kappa shape index (κ1) is 16.8. The average Bonchev–Trinajstić information content (AvgIpc) is 3.35. The zero-order chi connectivity index (χ0) is 18.1. The van der Waals surface area contributed by atoms with Crippen molar-refractivity contribution in [2.24, 2.45) is 5.92 Å². The van der Waals surface area contributed by atoms with Gasteiger partial charge in [-0.15, -0.1) is 0 Å². The number of rotatable bonds is 4. The Morgan fingerprint density at radius 2 is 2.04 bits per heavy atom. The fourth-order valence-electron chi connectivity index (χ4n) is 4.06. The van der Waals surface area contributed by atoms with Crippen LogP contribution in [-0.2, 0) is 20.9 Å². The first-order valence-corrected chi connectivity index (χ1v) is 8.85. The fraction of sp³-hybridized carbons (Fsp3) is 0.421. The summed E-state index contributed by atoms with van der Waals surface area (Å²) < 4.78 is 18.6. The average molecular weight is 357 g/mol. The highest BCUT2D eigenvalue weighted by molar-refractivity contribution is 5.88. The number of H-pyrrole nitrogens is 1. The van der Waals surface area contributed by atoms with Gasteiger partial charge in [0, 0.05) is 17.7 Å². The van der Waals surface area contributed by atoms with E-state index in [0.29, 0.717) is 0 Å². The normalized spacial score (nSPS) is 21.1. The quantitative estimate of drug-likeness (QED) is 0.824. The van der Waals surface area contributed by atoms with Crippen molar-refractivity contribution in [1.82, 2.24) is 15.5 Å². The van der Waals surface area contributed by atoms with Crippen LogP contribution in [0.2, 0.25) is 0 Å². The third-order valence-corrected chi connectivity index (χ3v) is 5.39. The fourth-order valence-corrected chi connectivity index (χ4v) is 4.06. The molecule has 0 unspecified atom stereocenters. The first-order chi connectivity index (χ1) is 12.6. The number of amides is 1. The van der Waals surface area contributed by atoms with Gasteiger partial charge >= 0.3 is 5.97 Å². The third-order valence-electron chi connectivity index (χ3n) is 5.39. The van der Waals surface area contributed by atoms with Crippen molar-refractivity contribution in [1.29, 1.82) is 0 Å². The summed E-state index contributed by atoms with van der Waals surface area (Å²) in [5.41, 5.74) is 1.72. The molecule has 7 heteroatoms. The van der Waals surface area contributed by atoms with Crippen molar-refractivity contribution in [3.8, 4) is 11.3 Å². The van der Waals surface area contributed by atoms with Gasteiger partial charge in [-0.25, -0.2) is 4.39 Å². The Morgan fingerprint density at radius 1 is 1.31 bits per heavy atom. The van der Waals surface area contributed by atoms with Gasteiger partial charge in [-0.2, -0.15) is 5.10 Å². The molecule has 136 valence electrons. The molecule has 1 aromatic carbocycles. The Morgan fingerprint density at radius 3 is 2.77 bits per heavy atom. The van der Waals surface area contributed by atoms with E-state index in [4.69, 9.17) is 4.74 Å². The lowest BCUT2D eigenvalue weighted by atomic mass is 9.85. The molecule has 4 rings (SSSR count). The summed E-state index contributed by atoms with van der Waals surface area (Å²) in [4.78, 5) is 24.5. The number of nitrogens with zero attached hydrogens (tertiary/aromatic N) is 1. The second kappa shape index (κ2) is 6.55. The number of halogens is 1. The van der Waals surface area contributed by atoms with E-state index in [-0.39, 0.29) is 30.7 Å². The highest BCUT2D eigenvalue weighted by atomic mass is 19.1. The SMILES string of the molecule is O=C1C[C@H](C(=O)NCc2cn[nH]c2-c2ccc(F)cc2)C2(CCCC2)O1. The van der Waals surface area contributed by atoms with E-state index in [0.717, 1.165) is 42.5 Å². The molecule has 1 spiro atoms. The summed E-state index contributed by atoms with van der Waals surface area (Å²) in [5, 5.41) is 9.83. The van der Waals surface area contributed by atoms with E-state index in [9.17, 15) is 14.0 Å². The topological polar surface area (TPSA) is 84.1 Å². The predicted octanol–water partition coefficient (Wildman–Crippen LogP) is 2.71. The zero-order valence-electron chi connectivity index (χ0n) is 14.3. The molecular weight excluding hydrogens is 337 g/mol. The molecule has 1 saturated carbocycles. The molecule has 1 atom stereocenters. The Hall–Kier alpha value is -2.70. The molecule has 1 amide bonds. The van der Waals surface area contributed by atoms with Crippen molar-refractivity contribution in [2.45, 2.75) is 44.2 Å². The minimum Gasteiger partial charge on any atom is -0.458 e. The van der Waals surface area contributed by atoms with Gasteiger partial charge in [0.25, 0.3) is 0 Å². The van der Waals surface area contributed by atoms with Gasteiger partial charge in [-0.3, -0.25) is 14.7 Å². The molecule has 2 heterocycles. The van der Waals surface area contributed by atoms with E-state index in [1.165, 1.54) is 12.1 Å². The van der Waals surface area contributed by atoms with Crippen LogP contribution in [0.3, 0.4) is 0 Å². The summed E-state index contributed by atoms with van der Waals surface area (Å²) in [5.74, 6) is -1.19. The van der Waals surface area contributed by atoms with Crippen LogP contribution in [0.5, 0.6) is 0 Å². The molecule has 2 fully saturated rings. The van der Waals surface area contributed by atoms with Crippen molar-refractivity contribution >= 4 is 11.9 Å². The van der Waals surface area contributed by atoms with Gasteiger partial charge < -0.3 is 10.1 Å². The molecule has 0 radical (unpaired) electrons. The summed E-state index contributed by atoms with van der Waals surface area (Å²) in [7, 11) is 0. The van der Waals surface area contributed by atoms with Crippen LogP contribution in [0.1, 0.15) is 37.7 Å². The Labute approximate surface area is 150 Å². The van der Waals surface area contributed by atoms with Crippen LogP contribution in [-0.4, -0.2) is 27.7 Å². The second-order valence-corrected chi connectivity index (χ2v) is 7.00. The number of aromatic amines is 1. The number of carbonyl (C=O) groups is 2. The maximum atomic E-state index is 13.1. The highest BCUT2D eigenvalue weighted by Crippen LogP contribution is 2.45. The van der Waals surface area contributed by atoms with Crippen molar-refractivity contribution < 1.29 is 18.7 Å². The number of hydrogen-bond acceptors (Lipinski definition) is 4. The molecule has 1 aromatic heterocycles. The monoisotopic (exact) mass is 357 g/mol. The molecule has 6 nitrogen and oxygen atoms in total. The molecule has 2 N–H and O–H groups in total. The largest absolute Gasteiger partial charge is 0.458 e. The lowest BCUT2D eigenvalue weighted by Gasteiger charge is -2.27. The Kier molecular flexibility index (Phi) is 4.22. The summed E-state index contributed by atoms with van der Waals surface area (Å²) >= 11 is 0. The minimum absolute atomic E-state index is 0.141. The van der Waals surface area contributed by atoms with E-state index in [1.807, 2.05) is 0 Å². The van der Waals surface area contributed by atoms with Crippen LogP contribution < -0.4 is 5.32 Å². The number of carbonyl (C=O) groups excluding carboxylic acids is 2. The number of aromatic nitrogens is 2.